The topological polar surface area (TPSA) is 46.8 Å². The van der Waals surface area contributed by atoms with E-state index in [1.165, 1.54) is 18.2 Å². The first-order chi connectivity index (χ1) is 12.7. The molecule has 0 bridgehead atoms. The van der Waals surface area contributed by atoms with Crippen LogP contribution in [0.5, 0.6) is 0 Å². The van der Waals surface area contributed by atoms with E-state index in [0.717, 1.165) is 39.8 Å². The van der Waals surface area contributed by atoms with Crippen LogP contribution >= 0.6 is 0 Å². The van der Waals surface area contributed by atoms with Gasteiger partial charge in [-0.1, -0.05) is 12.1 Å². The minimum atomic E-state index is -4.31. The van der Waals surface area contributed by atoms with E-state index in [1.54, 1.807) is 0 Å². The fourth-order valence-corrected chi connectivity index (χ4v) is 3.04. The number of benzene rings is 2. The van der Waals surface area contributed by atoms with Crippen LogP contribution in [0.2, 0.25) is 0 Å². The zero-order valence-corrected chi connectivity index (χ0v) is 15.2. The number of hydrogen-bond donors (Lipinski definition) is 1. The van der Waals surface area contributed by atoms with Crippen molar-refractivity contribution in [2.75, 3.05) is 6.54 Å². The standard InChI is InChI=1S/C21H20F3NO2/c1-13-9-18-16(11-20(26)27-19(18)10-14(13)2)12-25-8-7-15-3-5-17(6-4-15)21(22,23)24/h3-6,9-11,25H,7-8,12H2,1-2H3/p+1. The van der Waals surface area contributed by atoms with Gasteiger partial charge < -0.3 is 9.73 Å². The number of fused-ring (bicyclic) bond motifs is 1. The van der Waals surface area contributed by atoms with E-state index < -0.39 is 11.7 Å². The number of hydrogen-bond acceptors (Lipinski definition) is 2. The average Bonchev–Trinajstić information content (AvgIpc) is 2.60. The summed E-state index contributed by atoms with van der Waals surface area (Å²) >= 11 is 0. The maximum Gasteiger partial charge on any atom is 0.416 e. The number of halogens is 3. The van der Waals surface area contributed by atoms with Gasteiger partial charge in [0.25, 0.3) is 0 Å². The first kappa shape index (κ1) is 19.2. The monoisotopic (exact) mass is 376 g/mol. The molecule has 2 aromatic carbocycles. The second kappa shape index (κ2) is 7.56. The highest BCUT2D eigenvalue weighted by Crippen LogP contribution is 2.29. The zero-order chi connectivity index (χ0) is 19.6. The summed E-state index contributed by atoms with van der Waals surface area (Å²) in [6.07, 6.45) is -3.66. The largest absolute Gasteiger partial charge is 0.423 e. The summed E-state index contributed by atoms with van der Waals surface area (Å²) in [6.45, 7) is 5.29. The maximum absolute atomic E-state index is 12.6. The molecule has 27 heavy (non-hydrogen) atoms. The molecule has 0 spiro atoms. The van der Waals surface area contributed by atoms with Gasteiger partial charge in [0, 0.05) is 23.4 Å². The molecule has 0 unspecified atom stereocenters. The summed E-state index contributed by atoms with van der Waals surface area (Å²) in [7, 11) is 0. The molecule has 3 rings (SSSR count). The van der Waals surface area contributed by atoms with Crippen LogP contribution in [-0.4, -0.2) is 6.54 Å². The van der Waals surface area contributed by atoms with Crippen LogP contribution in [-0.2, 0) is 19.1 Å². The summed E-state index contributed by atoms with van der Waals surface area (Å²) in [5.74, 6) is 0. The van der Waals surface area contributed by atoms with Crippen molar-refractivity contribution < 1.29 is 22.9 Å². The molecule has 0 aliphatic heterocycles. The molecule has 3 nitrogen and oxygen atoms in total. The Morgan fingerprint density at radius 2 is 1.67 bits per heavy atom. The molecule has 3 aromatic rings. The van der Waals surface area contributed by atoms with Crippen molar-refractivity contribution >= 4 is 11.0 Å². The third-order valence-corrected chi connectivity index (χ3v) is 4.73. The Labute approximate surface area is 154 Å². The lowest BCUT2D eigenvalue weighted by atomic mass is 10.0. The number of nitrogens with two attached hydrogens (primary N) is 1. The van der Waals surface area contributed by atoms with Gasteiger partial charge in [0.05, 0.1) is 12.1 Å². The molecule has 1 aromatic heterocycles. The lowest BCUT2D eigenvalue weighted by molar-refractivity contribution is -0.670. The molecule has 1 heterocycles. The molecule has 0 aliphatic carbocycles. The highest BCUT2D eigenvalue weighted by atomic mass is 19.4. The van der Waals surface area contributed by atoms with Crippen LogP contribution in [0.3, 0.4) is 0 Å². The Morgan fingerprint density at radius 1 is 1.00 bits per heavy atom. The number of rotatable bonds is 5. The molecular formula is C21H21F3NO2+. The minimum Gasteiger partial charge on any atom is -0.423 e. The molecule has 0 amide bonds. The van der Waals surface area contributed by atoms with Gasteiger partial charge in [-0.05, 0) is 54.8 Å². The lowest BCUT2D eigenvalue weighted by Crippen LogP contribution is -2.83. The highest BCUT2D eigenvalue weighted by Gasteiger charge is 2.29. The van der Waals surface area contributed by atoms with Crippen molar-refractivity contribution in [3.8, 4) is 0 Å². The van der Waals surface area contributed by atoms with E-state index in [9.17, 15) is 18.0 Å². The van der Waals surface area contributed by atoms with Crippen LogP contribution in [0.4, 0.5) is 13.2 Å². The normalized spacial score (nSPS) is 11.9. The van der Waals surface area contributed by atoms with Crippen LogP contribution in [0, 0.1) is 13.8 Å². The van der Waals surface area contributed by atoms with Crippen molar-refractivity contribution in [3.05, 3.63) is 80.7 Å². The summed E-state index contributed by atoms with van der Waals surface area (Å²) in [6, 6.07) is 10.6. The smallest absolute Gasteiger partial charge is 0.416 e. The maximum atomic E-state index is 12.6. The summed E-state index contributed by atoms with van der Waals surface area (Å²) in [5.41, 5.74) is 3.51. The van der Waals surface area contributed by atoms with Gasteiger partial charge in [0.1, 0.15) is 12.1 Å². The van der Waals surface area contributed by atoms with E-state index in [1.807, 2.05) is 31.3 Å². The predicted molar refractivity (Wildman–Crippen MR) is 97.6 cm³/mol. The minimum absolute atomic E-state index is 0.378. The number of alkyl halides is 3. The Kier molecular flexibility index (Phi) is 5.37. The fourth-order valence-electron chi connectivity index (χ4n) is 3.04. The summed E-state index contributed by atoms with van der Waals surface area (Å²) in [5, 5.41) is 2.96. The van der Waals surface area contributed by atoms with E-state index in [0.29, 0.717) is 25.1 Å². The molecule has 0 saturated carbocycles. The van der Waals surface area contributed by atoms with E-state index >= 15 is 0 Å². The highest BCUT2D eigenvalue weighted by molar-refractivity contribution is 5.81. The molecule has 0 fully saturated rings. The van der Waals surface area contributed by atoms with Gasteiger partial charge in [-0.15, -0.1) is 0 Å². The molecule has 6 heteroatoms. The van der Waals surface area contributed by atoms with Gasteiger partial charge in [0.2, 0.25) is 0 Å². The Balaban J connectivity index is 1.65. The Hall–Kier alpha value is -2.60. The van der Waals surface area contributed by atoms with Crippen molar-refractivity contribution in [3.63, 3.8) is 0 Å². The summed E-state index contributed by atoms with van der Waals surface area (Å²) < 4.78 is 43.1. The van der Waals surface area contributed by atoms with Crippen LogP contribution < -0.4 is 10.9 Å². The van der Waals surface area contributed by atoms with Crippen LogP contribution in [0.25, 0.3) is 11.0 Å². The first-order valence-electron chi connectivity index (χ1n) is 8.76. The van der Waals surface area contributed by atoms with Crippen molar-refractivity contribution in [2.45, 2.75) is 33.0 Å². The molecule has 0 atom stereocenters. The van der Waals surface area contributed by atoms with Gasteiger partial charge in [-0.3, -0.25) is 0 Å². The van der Waals surface area contributed by atoms with Gasteiger partial charge >= 0.3 is 11.8 Å². The Bertz CT molecular complexity index is 1000. The third-order valence-electron chi connectivity index (χ3n) is 4.73. The predicted octanol–water partition coefficient (Wildman–Crippen LogP) is 3.73. The number of aryl methyl sites for hydroxylation is 2. The molecular weight excluding hydrogens is 355 g/mol. The number of quaternary nitrogens is 1. The molecule has 0 saturated heterocycles. The quantitative estimate of drug-likeness (QED) is 0.545. The van der Waals surface area contributed by atoms with Crippen LogP contribution in [0.15, 0.2) is 51.7 Å². The van der Waals surface area contributed by atoms with Crippen molar-refractivity contribution in [1.29, 1.82) is 0 Å². The molecule has 0 aliphatic rings. The van der Waals surface area contributed by atoms with Gasteiger partial charge in [0.15, 0.2) is 0 Å². The SMILES string of the molecule is Cc1cc2oc(=O)cc(C[NH2+]CCc3ccc(C(F)(F)F)cc3)c2cc1C. The molecule has 0 radical (unpaired) electrons. The Morgan fingerprint density at radius 3 is 2.33 bits per heavy atom. The average molecular weight is 376 g/mol. The molecule has 142 valence electrons. The van der Waals surface area contributed by atoms with Gasteiger partial charge in [-0.2, -0.15) is 13.2 Å². The van der Waals surface area contributed by atoms with Crippen molar-refractivity contribution in [1.82, 2.24) is 0 Å². The fraction of sp³-hybridized carbons (Fsp3) is 0.286. The van der Waals surface area contributed by atoms with E-state index in [-0.39, 0.29) is 5.63 Å². The first-order valence-corrected chi connectivity index (χ1v) is 8.76. The van der Waals surface area contributed by atoms with E-state index in [4.69, 9.17) is 4.42 Å². The molecule has 2 N–H and O–H groups in total. The van der Waals surface area contributed by atoms with Crippen molar-refractivity contribution in [2.24, 2.45) is 0 Å². The second-order valence-electron chi connectivity index (χ2n) is 6.75. The van der Waals surface area contributed by atoms with Crippen LogP contribution in [0.1, 0.15) is 27.8 Å². The zero-order valence-electron chi connectivity index (χ0n) is 15.2. The van der Waals surface area contributed by atoms with Gasteiger partial charge in [-0.25, -0.2) is 4.79 Å². The lowest BCUT2D eigenvalue weighted by Gasteiger charge is -2.09. The van der Waals surface area contributed by atoms with E-state index in [2.05, 4.69) is 0 Å². The second-order valence-corrected chi connectivity index (χ2v) is 6.75. The summed E-state index contributed by atoms with van der Waals surface area (Å²) in [4.78, 5) is 11.8. The third kappa shape index (κ3) is 4.57.